The van der Waals surface area contributed by atoms with Gasteiger partial charge in [-0.25, -0.2) is 4.98 Å². The number of pyridine rings is 2. The van der Waals surface area contributed by atoms with Crippen LogP contribution >= 0.6 is 15.9 Å². The maximum Gasteiger partial charge on any atom is 0.230 e. The van der Waals surface area contributed by atoms with Crippen LogP contribution in [-0.2, 0) is 11.2 Å². The molecule has 0 aliphatic rings. The number of aromatic nitrogens is 2. The number of carbonyl (C=O) groups excluding carboxylic acids is 1. The second-order valence-corrected chi connectivity index (χ2v) is 5.07. The van der Waals surface area contributed by atoms with E-state index in [-0.39, 0.29) is 12.3 Å². The number of hydrogen-bond donors (Lipinski definition) is 1. The van der Waals surface area contributed by atoms with Crippen LogP contribution in [0.4, 0.5) is 5.69 Å². The van der Waals surface area contributed by atoms with Crippen LogP contribution in [0, 0.1) is 13.8 Å². The van der Waals surface area contributed by atoms with Gasteiger partial charge in [-0.05, 0) is 53.5 Å². The summed E-state index contributed by atoms with van der Waals surface area (Å²) >= 11 is 3.29. The van der Waals surface area contributed by atoms with Gasteiger partial charge in [0, 0.05) is 6.20 Å². The number of hydrogen-bond acceptors (Lipinski definition) is 3. The standard InChI is InChI=1S/C14H14BrN3O/c1-9-4-3-7-16-12(9)8-14(19)18-11-5-6-13(15)17-10(11)2/h3-7H,8H2,1-2H3,(H,18,19). The first kappa shape index (κ1) is 13.7. The number of nitrogens with one attached hydrogen (secondary N) is 1. The molecule has 0 bridgehead atoms. The molecule has 4 nitrogen and oxygen atoms in total. The fourth-order valence-electron chi connectivity index (χ4n) is 1.71. The summed E-state index contributed by atoms with van der Waals surface area (Å²) in [7, 11) is 0. The average Bonchev–Trinajstić information content (AvgIpc) is 2.36. The van der Waals surface area contributed by atoms with Crippen molar-refractivity contribution in [2.24, 2.45) is 0 Å². The fraction of sp³-hybridized carbons (Fsp3) is 0.214. The number of nitrogens with zero attached hydrogens (tertiary/aromatic N) is 2. The van der Waals surface area contributed by atoms with Crippen LogP contribution in [-0.4, -0.2) is 15.9 Å². The Morgan fingerprint density at radius 2 is 2.11 bits per heavy atom. The molecule has 0 saturated heterocycles. The molecule has 0 radical (unpaired) electrons. The van der Waals surface area contributed by atoms with Gasteiger partial charge in [-0.2, -0.15) is 0 Å². The van der Waals surface area contributed by atoms with E-state index in [4.69, 9.17) is 0 Å². The Kier molecular flexibility index (Phi) is 4.27. The first-order valence-electron chi connectivity index (χ1n) is 5.90. The van der Waals surface area contributed by atoms with Crippen LogP contribution in [0.25, 0.3) is 0 Å². The van der Waals surface area contributed by atoms with E-state index in [2.05, 4.69) is 31.2 Å². The number of carbonyl (C=O) groups is 1. The molecule has 0 saturated carbocycles. The van der Waals surface area contributed by atoms with Gasteiger partial charge in [0.05, 0.1) is 23.5 Å². The van der Waals surface area contributed by atoms with Gasteiger partial charge < -0.3 is 5.32 Å². The summed E-state index contributed by atoms with van der Waals surface area (Å²) in [5.74, 6) is -0.0889. The summed E-state index contributed by atoms with van der Waals surface area (Å²) in [5, 5.41) is 2.85. The van der Waals surface area contributed by atoms with Gasteiger partial charge in [-0.15, -0.1) is 0 Å². The SMILES string of the molecule is Cc1cccnc1CC(=O)Nc1ccc(Br)nc1C. The minimum atomic E-state index is -0.0889. The van der Waals surface area contributed by atoms with E-state index in [1.165, 1.54) is 0 Å². The topological polar surface area (TPSA) is 54.9 Å². The first-order chi connectivity index (χ1) is 9.06. The van der Waals surface area contributed by atoms with Crippen molar-refractivity contribution in [1.82, 2.24) is 9.97 Å². The molecule has 98 valence electrons. The molecular weight excluding hydrogens is 306 g/mol. The molecule has 5 heteroatoms. The lowest BCUT2D eigenvalue weighted by Crippen LogP contribution is -2.16. The van der Waals surface area contributed by atoms with Gasteiger partial charge in [0.15, 0.2) is 0 Å². The van der Waals surface area contributed by atoms with Gasteiger partial charge in [-0.3, -0.25) is 9.78 Å². The summed E-state index contributed by atoms with van der Waals surface area (Å²) in [6.45, 7) is 3.80. The zero-order chi connectivity index (χ0) is 13.8. The third kappa shape index (κ3) is 3.61. The number of rotatable bonds is 3. The lowest BCUT2D eigenvalue weighted by atomic mass is 10.1. The molecule has 0 atom stereocenters. The van der Waals surface area contributed by atoms with E-state index in [0.717, 1.165) is 27.2 Å². The highest BCUT2D eigenvalue weighted by Crippen LogP contribution is 2.16. The van der Waals surface area contributed by atoms with E-state index < -0.39 is 0 Å². The molecule has 1 amide bonds. The third-order valence-electron chi connectivity index (χ3n) is 2.77. The van der Waals surface area contributed by atoms with Crippen molar-refractivity contribution in [3.05, 3.63) is 52.0 Å². The molecule has 0 aliphatic heterocycles. The van der Waals surface area contributed by atoms with E-state index in [1.54, 1.807) is 12.3 Å². The first-order valence-corrected chi connectivity index (χ1v) is 6.69. The van der Waals surface area contributed by atoms with Crippen molar-refractivity contribution in [1.29, 1.82) is 0 Å². The molecule has 2 rings (SSSR count). The molecule has 2 aromatic heterocycles. The maximum atomic E-state index is 12.0. The fourth-order valence-corrected chi connectivity index (χ4v) is 2.11. The molecule has 0 spiro atoms. The summed E-state index contributed by atoms with van der Waals surface area (Å²) in [4.78, 5) is 20.4. The Labute approximate surface area is 120 Å². The number of anilines is 1. The zero-order valence-electron chi connectivity index (χ0n) is 10.8. The summed E-state index contributed by atoms with van der Waals surface area (Å²) in [6.07, 6.45) is 1.96. The van der Waals surface area contributed by atoms with Crippen LogP contribution in [0.15, 0.2) is 35.1 Å². The van der Waals surface area contributed by atoms with Gasteiger partial charge in [-0.1, -0.05) is 6.07 Å². The van der Waals surface area contributed by atoms with Crippen molar-refractivity contribution in [3.8, 4) is 0 Å². The molecule has 0 aromatic carbocycles. The molecule has 0 aliphatic carbocycles. The van der Waals surface area contributed by atoms with Crippen LogP contribution < -0.4 is 5.32 Å². The molecular formula is C14H14BrN3O. The second-order valence-electron chi connectivity index (χ2n) is 4.26. The third-order valence-corrected chi connectivity index (χ3v) is 3.21. The largest absolute Gasteiger partial charge is 0.324 e. The summed E-state index contributed by atoms with van der Waals surface area (Å²) in [5.41, 5.74) is 3.31. The van der Waals surface area contributed by atoms with Crippen molar-refractivity contribution < 1.29 is 4.79 Å². The number of amides is 1. The predicted octanol–water partition coefficient (Wildman–Crippen LogP) is 3.04. The Morgan fingerprint density at radius 3 is 2.79 bits per heavy atom. The van der Waals surface area contributed by atoms with Crippen molar-refractivity contribution >= 4 is 27.5 Å². The van der Waals surface area contributed by atoms with E-state index in [1.807, 2.05) is 32.0 Å². The molecule has 19 heavy (non-hydrogen) atoms. The molecule has 2 aromatic rings. The Balaban J connectivity index is 2.08. The van der Waals surface area contributed by atoms with Gasteiger partial charge in [0.1, 0.15) is 4.60 Å². The monoisotopic (exact) mass is 319 g/mol. The van der Waals surface area contributed by atoms with Gasteiger partial charge in [0.25, 0.3) is 0 Å². The van der Waals surface area contributed by atoms with E-state index in [9.17, 15) is 4.79 Å². The lowest BCUT2D eigenvalue weighted by Gasteiger charge is -2.08. The van der Waals surface area contributed by atoms with Gasteiger partial charge in [0.2, 0.25) is 5.91 Å². The zero-order valence-corrected chi connectivity index (χ0v) is 12.4. The van der Waals surface area contributed by atoms with Gasteiger partial charge >= 0.3 is 0 Å². The normalized spacial score (nSPS) is 10.3. The molecule has 2 heterocycles. The highest BCUT2D eigenvalue weighted by atomic mass is 79.9. The predicted molar refractivity (Wildman–Crippen MR) is 78.0 cm³/mol. The minimum absolute atomic E-state index is 0.0889. The molecule has 1 N–H and O–H groups in total. The summed E-state index contributed by atoms with van der Waals surface area (Å²) in [6, 6.07) is 7.44. The maximum absolute atomic E-state index is 12.0. The molecule has 0 unspecified atom stereocenters. The Bertz CT molecular complexity index is 613. The van der Waals surface area contributed by atoms with Crippen LogP contribution in [0.1, 0.15) is 17.0 Å². The van der Waals surface area contributed by atoms with Crippen molar-refractivity contribution in [2.75, 3.05) is 5.32 Å². The number of aryl methyl sites for hydroxylation is 2. The van der Waals surface area contributed by atoms with Crippen LogP contribution in [0.5, 0.6) is 0 Å². The highest BCUT2D eigenvalue weighted by Gasteiger charge is 2.09. The van der Waals surface area contributed by atoms with Crippen LogP contribution in [0.3, 0.4) is 0 Å². The van der Waals surface area contributed by atoms with E-state index in [0.29, 0.717) is 0 Å². The molecule has 0 fully saturated rings. The second kappa shape index (κ2) is 5.93. The van der Waals surface area contributed by atoms with Crippen molar-refractivity contribution in [2.45, 2.75) is 20.3 Å². The average molecular weight is 320 g/mol. The smallest absolute Gasteiger partial charge is 0.230 e. The quantitative estimate of drug-likeness (QED) is 0.885. The van der Waals surface area contributed by atoms with E-state index >= 15 is 0 Å². The minimum Gasteiger partial charge on any atom is -0.324 e. The Hall–Kier alpha value is -1.75. The Morgan fingerprint density at radius 1 is 1.32 bits per heavy atom. The van der Waals surface area contributed by atoms with Crippen LogP contribution in [0.2, 0.25) is 0 Å². The summed E-state index contributed by atoms with van der Waals surface area (Å²) < 4.78 is 0.753. The lowest BCUT2D eigenvalue weighted by molar-refractivity contribution is -0.115. The highest BCUT2D eigenvalue weighted by molar-refractivity contribution is 9.10. The number of halogens is 1. The van der Waals surface area contributed by atoms with Crippen molar-refractivity contribution in [3.63, 3.8) is 0 Å².